The van der Waals surface area contributed by atoms with Gasteiger partial charge < -0.3 is 9.64 Å². The standard InChI is InChI=1S/C17H23N3O4S/c1-17(2,3)24-16(21)20-10-5-4-8-14(20)12-25(22,23)15-13(11-18)7-6-9-19-15/h6-7,9,14H,4-5,8,10,12H2,1-3H3/t14-/m0/s1. The van der Waals surface area contributed by atoms with E-state index in [-0.39, 0.29) is 16.3 Å². The highest BCUT2D eigenvalue weighted by molar-refractivity contribution is 7.91. The van der Waals surface area contributed by atoms with Crippen LogP contribution < -0.4 is 0 Å². The molecule has 136 valence electrons. The van der Waals surface area contributed by atoms with Gasteiger partial charge in [-0.1, -0.05) is 0 Å². The van der Waals surface area contributed by atoms with E-state index in [2.05, 4.69) is 4.98 Å². The van der Waals surface area contributed by atoms with Crippen LogP contribution in [0.5, 0.6) is 0 Å². The number of amides is 1. The Morgan fingerprint density at radius 2 is 2.16 bits per heavy atom. The van der Waals surface area contributed by atoms with E-state index >= 15 is 0 Å². The molecule has 7 nitrogen and oxygen atoms in total. The van der Waals surface area contributed by atoms with Crippen molar-refractivity contribution in [2.24, 2.45) is 0 Å². The van der Waals surface area contributed by atoms with Crippen molar-refractivity contribution < 1.29 is 17.9 Å². The molecule has 2 heterocycles. The summed E-state index contributed by atoms with van der Waals surface area (Å²) in [5.74, 6) is -0.266. The molecule has 0 aromatic carbocycles. The zero-order valence-corrected chi connectivity index (χ0v) is 15.5. The number of pyridine rings is 1. The number of aromatic nitrogens is 1. The molecular weight excluding hydrogens is 342 g/mol. The summed E-state index contributed by atoms with van der Waals surface area (Å²) in [6.07, 6.45) is 3.07. The van der Waals surface area contributed by atoms with Crippen LogP contribution in [0.4, 0.5) is 4.79 Å². The van der Waals surface area contributed by atoms with E-state index in [1.807, 2.05) is 6.07 Å². The summed E-state index contributed by atoms with van der Waals surface area (Å²) in [7, 11) is -3.80. The first-order chi connectivity index (χ1) is 11.6. The number of carbonyl (C=O) groups excluding carboxylic acids is 1. The van der Waals surface area contributed by atoms with Gasteiger partial charge in [-0.15, -0.1) is 0 Å². The summed E-state index contributed by atoms with van der Waals surface area (Å²) in [4.78, 5) is 17.8. The monoisotopic (exact) mass is 365 g/mol. The Hall–Kier alpha value is -2.14. The molecule has 1 atom stereocenters. The summed E-state index contributed by atoms with van der Waals surface area (Å²) in [5.41, 5.74) is -0.630. The van der Waals surface area contributed by atoms with Gasteiger partial charge in [0.15, 0.2) is 14.9 Å². The lowest BCUT2D eigenvalue weighted by molar-refractivity contribution is 0.0124. The Morgan fingerprint density at radius 3 is 2.80 bits per heavy atom. The Kier molecular flexibility index (Phi) is 5.68. The highest BCUT2D eigenvalue weighted by Crippen LogP contribution is 2.24. The zero-order chi connectivity index (χ0) is 18.7. The molecular formula is C17H23N3O4S. The van der Waals surface area contributed by atoms with Crippen LogP contribution in [0.2, 0.25) is 0 Å². The van der Waals surface area contributed by atoms with Gasteiger partial charge >= 0.3 is 6.09 Å². The van der Waals surface area contributed by atoms with Gasteiger partial charge in [-0.05, 0) is 52.2 Å². The fourth-order valence-corrected chi connectivity index (χ4v) is 4.47. The highest BCUT2D eigenvalue weighted by atomic mass is 32.2. The summed E-state index contributed by atoms with van der Waals surface area (Å²) in [6, 6.07) is 4.31. The number of likely N-dealkylation sites (tertiary alicyclic amines) is 1. The number of hydrogen-bond donors (Lipinski definition) is 0. The number of nitrogens with zero attached hydrogens (tertiary/aromatic N) is 3. The van der Waals surface area contributed by atoms with Crippen LogP contribution in [0.3, 0.4) is 0 Å². The van der Waals surface area contributed by atoms with Crippen LogP contribution in [0.15, 0.2) is 23.4 Å². The number of sulfone groups is 1. The second kappa shape index (κ2) is 7.40. The largest absolute Gasteiger partial charge is 0.444 e. The third-order valence-electron chi connectivity index (χ3n) is 3.85. The van der Waals surface area contributed by atoms with Crippen LogP contribution >= 0.6 is 0 Å². The van der Waals surface area contributed by atoms with E-state index < -0.39 is 27.6 Å². The second-order valence-corrected chi connectivity index (χ2v) is 9.02. The van der Waals surface area contributed by atoms with Gasteiger partial charge in [-0.2, -0.15) is 5.26 Å². The number of rotatable bonds is 3. The highest BCUT2D eigenvalue weighted by Gasteiger charge is 2.35. The molecule has 2 rings (SSSR count). The van der Waals surface area contributed by atoms with Crippen molar-refractivity contribution in [3.05, 3.63) is 23.9 Å². The average molecular weight is 365 g/mol. The van der Waals surface area contributed by atoms with E-state index in [9.17, 15) is 13.2 Å². The molecule has 1 aromatic rings. The predicted octanol–water partition coefficient (Wildman–Crippen LogP) is 2.52. The quantitative estimate of drug-likeness (QED) is 0.816. The summed E-state index contributed by atoms with van der Waals surface area (Å²) >= 11 is 0. The summed E-state index contributed by atoms with van der Waals surface area (Å²) in [5, 5.41) is 8.89. The van der Waals surface area contributed by atoms with E-state index in [4.69, 9.17) is 10.00 Å². The van der Waals surface area contributed by atoms with E-state index in [0.29, 0.717) is 13.0 Å². The Morgan fingerprint density at radius 1 is 1.44 bits per heavy atom. The first kappa shape index (κ1) is 19.2. The predicted molar refractivity (Wildman–Crippen MR) is 91.6 cm³/mol. The third kappa shape index (κ3) is 4.92. The molecule has 1 fully saturated rings. The number of piperidine rings is 1. The molecule has 0 saturated carbocycles. The van der Waals surface area contributed by atoms with Crippen molar-refractivity contribution in [1.82, 2.24) is 9.88 Å². The number of hydrogen-bond acceptors (Lipinski definition) is 6. The average Bonchev–Trinajstić information content (AvgIpc) is 2.53. The van der Waals surface area contributed by atoms with Gasteiger partial charge in [0.2, 0.25) is 0 Å². The SMILES string of the molecule is CC(C)(C)OC(=O)N1CCCC[C@H]1CS(=O)(=O)c1ncccc1C#N. The van der Waals surface area contributed by atoms with Gasteiger partial charge in [0.25, 0.3) is 0 Å². The molecule has 1 aromatic heterocycles. The summed E-state index contributed by atoms with van der Waals surface area (Å²) in [6.45, 7) is 5.78. The molecule has 25 heavy (non-hydrogen) atoms. The topological polar surface area (TPSA) is 100 Å². The van der Waals surface area contributed by atoms with Crippen LogP contribution in [0.25, 0.3) is 0 Å². The molecule has 1 aliphatic heterocycles. The number of carbonyl (C=O) groups is 1. The Labute approximate surface area is 148 Å². The van der Waals surface area contributed by atoms with Crippen LogP contribution in [0.1, 0.15) is 45.6 Å². The second-order valence-electron chi connectivity index (χ2n) is 7.07. The molecule has 1 aliphatic rings. The molecule has 1 amide bonds. The summed E-state index contributed by atoms with van der Waals surface area (Å²) < 4.78 is 30.9. The minimum Gasteiger partial charge on any atom is -0.444 e. The van der Waals surface area contributed by atoms with Gasteiger partial charge in [-0.3, -0.25) is 0 Å². The zero-order valence-electron chi connectivity index (χ0n) is 14.7. The maximum Gasteiger partial charge on any atom is 0.410 e. The van der Waals surface area contributed by atoms with Crippen molar-refractivity contribution in [3.63, 3.8) is 0 Å². The molecule has 0 radical (unpaired) electrons. The fraction of sp³-hybridized carbons (Fsp3) is 0.588. The molecule has 0 bridgehead atoms. The molecule has 0 N–H and O–H groups in total. The van der Waals surface area contributed by atoms with Crippen molar-refractivity contribution in [2.45, 2.75) is 56.7 Å². The molecule has 1 saturated heterocycles. The third-order valence-corrected chi connectivity index (χ3v) is 5.59. The Balaban J connectivity index is 2.23. The smallest absolute Gasteiger partial charge is 0.410 e. The van der Waals surface area contributed by atoms with Crippen molar-refractivity contribution in [1.29, 1.82) is 5.26 Å². The Bertz CT molecular complexity index is 778. The lowest BCUT2D eigenvalue weighted by Gasteiger charge is -2.36. The van der Waals surface area contributed by atoms with E-state index in [1.54, 1.807) is 20.8 Å². The van der Waals surface area contributed by atoms with Crippen molar-refractivity contribution >= 4 is 15.9 Å². The van der Waals surface area contributed by atoms with Crippen molar-refractivity contribution in [2.75, 3.05) is 12.3 Å². The van der Waals surface area contributed by atoms with Gasteiger partial charge in [0.05, 0.1) is 11.3 Å². The first-order valence-corrected chi connectivity index (χ1v) is 9.87. The molecule has 0 aliphatic carbocycles. The van der Waals surface area contributed by atoms with Gasteiger partial charge in [0.1, 0.15) is 11.7 Å². The maximum absolute atomic E-state index is 12.7. The van der Waals surface area contributed by atoms with E-state index in [0.717, 1.165) is 12.8 Å². The normalized spacial score (nSPS) is 18.5. The van der Waals surface area contributed by atoms with Crippen LogP contribution in [-0.2, 0) is 14.6 Å². The lowest BCUT2D eigenvalue weighted by atomic mass is 10.0. The van der Waals surface area contributed by atoms with Crippen LogP contribution in [0, 0.1) is 11.3 Å². The number of ether oxygens (including phenoxy) is 1. The van der Waals surface area contributed by atoms with Crippen LogP contribution in [-0.4, -0.2) is 48.3 Å². The molecule has 0 spiro atoms. The fourth-order valence-electron chi connectivity index (χ4n) is 2.79. The van der Waals surface area contributed by atoms with Crippen molar-refractivity contribution in [3.8, 4) is 6.07 Å². The van der Waals surface area contributed by atoms with Gasteiger partial charge in [-0.25, -0.2) is 18.2 Å². The number of nitriles is 1. The first-order valence-electron chi connectivity index (χ1n) is 8.21. The lowest BCUT2D eigenvalue weighted by Crippen LogP contribution is -2.49. The van der Waals surface area contributed by atoms with Gasteiger partial charge in [0, 0.05) is 18.8 Å². The minimum atomic E-state index is -3.80. The molecule has 8 heteroatoms. The minimum absolute atomic E-state index is 0.0159. The van der Waals surface area contributed by atoms with E-state index in [1.165, 1.54) is 23.2 Å². The molecule has 0 unspecified atom stereocenters. The maximum atomic E-state index is 12.7.